The van der Waals surface area contributed by atoms with Gasteiger partial charge in [0, 0.05) is 55.1 Å². The van der Waals surface area contributed by atoms with E-state index in [0.717, 1.165) is 61.3 Å². The smallest absolute Gasteiger partial charge is 0.162 e. The Bertz CT molecular complexity index is 3450. The van der Waals surface area contributed by atoms with E-state index >= 15 is 0 Å². The second-order valence-electron chi connectivity index (χ2n) is 14.6. The van der Waals surface area contributed by atoms with Crippen LogP contribution in [-0.2, 0) is 0 Å². The zero-order valence-corrected chi connectivity index (χ0v) is 30.8. The van der Waals surface area contributed by atoms with E-state index in [4.69, 9.17) is 9.97 Å². The first-order valence-electron chi connectivity index (χ1n) is 19.3. The lowest BCUT2D eigenvalue weighted by molar-refractivity contribution is 1.11. The third-order valence-corrected chi connectivity index (χ3v) is 11.5. The van der Waals surface area contributed by atoms with Crippen molar-refractivity contribution in [1.29, 1.82) is 0 Å². The van der Waals surface area contributed by atoms with Crippen molar-refractivity contribution in [1.82, 2.24) is 23.7 Å². The molecule has 0 saturated carbocycles. The monoisotopic (exact) mass is 727 g/mol. The van der Waals surface area contributed by atoms with E-state index < -0.39 is 0 Å². The Kier molecular flexibility index (Phi) is 6.86. The Morgan fingerprint density at radius 2 is 0.719 bits per heavy atom. The lowest BCUT2D eigenvalue weighted by Crippen LogP contribution is -2.00. The molecule has 0 aliphatic heterocycles. The van der Waals surface area contributed by atoms with Crippen LogP contribution in [-0.4, -0.2) is 23.7 Å². The minimum Gasteiger partial charge on any atom is -0.309 e. The van der Waals surface area contributed by atoms with Crippen molar-refractivity contribution in [3.63, 3.8) is 0 Å². The van der Waals surface area contributed by atoms with Gasteiger partial charge in [-0.3, -0.25) is 4.57 Å². The molecular formula is C52H33N5. The van der Waals surface area contributed by atoms with Crippen LogP contribution in [0.4, 0.5) is 0 Å². The van der Waals surface area contributed by atoms with E-state index in [1.807, 2.05) is 0 Å². The van der Waals surface area contributed by atoms with Crippen LogP contribution in [0.5, 0.6) is 0 Å². The molecular weight excluding hydrogens is 695 g/mol. The average Bonchev–Trinajstić information content (AvgIpc) is 3.92. The van der Waals surface area contributed by atoms with Gasteiger partial charge in [-0.2, -0.15) is 0 Å². The van der Waals surface area contributed by atoms with E-state index in [1.165, 1.54) is 38.1 Å². The second-order valence-corrected chi connectivity index (χ2v) is 14.6. The quantitative estimate of drug-likeness (QED) is 0.177. The molecule has 266 valence electrons. The van der Waals surface area contributed by atoms with Crippen LogP contribution in [0.3, 0.4) is 0 Å². The van der Waals surface area contributed by atoms with Gasteiger partial charge in [-0.05, 0) is 66.7 Å². The Balaban J connectivity index is 1.12. The lowest BCUT2D eigenvalue weighted by atomic mass is 10.0. The Hall–Kier alpha value is -7.76. The molecule has 0 bridgehead atoms. The van der Waals surface area contributed by atoms with Gasteiger partial charge in [0.25, 0.3) is 0 Å². The summed E-state index contributed by atoms with van der Waals surface area (Å²) in [6.07, 6.45) is 0. The number of benzene rings is 8. The fourth-order valence-corrected chi connectivity index (χ4v) is 8.96. The first-order valence-corrected chi connectivity index (χ1v) is 19.3. The molecule has 12 aromatic rings. The van der Waals surface area contributed by atoms with Crippen LogP contribution >= 0.6 is 0 Å². The predicted molar refractivity (Wildman–Crippen MR) is 236 cm³/mol. The van der Waals surface area contributed by atoms with Gasteiger partial charge in [0.05, 0.1) is 38.7 Å². The third-order valence-electron chi connectivity index (χ3n) is 11.5. The highest BCUT2D eigenvalue weighted by Crippen LogP contribution is 2.40. The molecule has 4 aromatic heterocycles. The Morgan fingerprint density at radius 3 is 1.30 bits per heavy atom. The van der Waals surface area contributed by atoms with Crippen LogP contribution in [0.2, 0.25) is 0 Å². The molecule has 0 radical (unpaired) electrons. The first-order chi connectivity index (χ1) is 28.3. The fraction of sp³-hybridized carbons (Fsp3) is 0. The van der Waals surface area contributed by atoms with Gasteiger partial charge in [-0.1, -0.05) is 133 Å². The van der Waals surface area contributed by atoms with Crippen molar-refractivity contribution in [2.45, 2.75) is 0 Å². The highest BCUT2D eigenvalue weighted by molar-refractivity contribution is 6.15. The van der Waals surface area contributed by atoms with Gasteiger partial charge in [0.2, 0.25) is 0 Å². The number of hydrogen-bond acceptors (Lipinski definition) is 2. The van der Waals surface area contributed by atoms with Gasteiger partial charge in [0.1, 0.15) is 5.65 Å². The van der Waals surface area contributed by atoms with Crippen molar-refractivity contribution in [2.24, 2.45) is 0 Å². The number of rotatable bonds is 5. The summed E-state index contributed by atoms with van der Waals surface area (Å²) >= 11 is 0. The first kappa shape index (κ1) is 31.6. The molecule has 0 N–H and O–H groups in total. The summed E-state index contributed by atoms with van der Waals surface area (Å²) in [5, 5.41) is 7.05. The van der Waals surface area contributed by atoms with E-state index in [-0.39, 0.29) is 0 Å². The van der Waals surface area contributed by atoms with Crippen LogP contribution in [0.1, 0.15) is 0 Å². The van der Waals surface area contributed by atoms with Gasteiger partial charge in [0.15, 0.2) is 5.82 Å². The molecule has 0 fully saturated rings. The minimum atomic E-state index is 0.677. The summed E-state index contributed by atoms with van der Waals surface area (Å²) in [6, 6.07) is 71.2. The van der Waals surface area contributed by atoms with Gasteiger partial charge in [-0.15, -0.1) is 0 Å². The molecule has 0 unspecified atom stereocenters. The second kappa shape index (κ2) is 12.4. The maximum absolute atomic E-state index is 5.51. The SMILES string of the molecule is c1ccc(-n2c3ccccc3c3ccc(-c4nc(-c5ccc(-n6c7ccccc7c7ccccc76)cc5)c5c6ccccc6n(-c6ccccc6)c5n4)cc32)cc1. The number of aromatic nitrogens is 5. The molecule has 0 aliphatic carbocycles. The van der Waals surface area contributed by atoms with Crippen molar-refractivity contribution >= 4 is 65.5 Å². The highest BCUT2D eigenvalue weighted by Gasteiger charge is 2.22. The highest BCUT2D eigenvalue weighted by atomic mass is 15.1. The van der Waals surface area contributed by atoms with E-state index in [0.29, 0.717) is 5.82 Å². The van der Waals surface area contributed by atoms with E-state index in [2.05, 4.69) is 214 Å². The predicted octanol–water partition coefficient (Wildman–Crippen LogP) is 13.1. The zero-order valence-electron chi connectivity index (χ0n) is 30.8. The van der Waals surface area contributed by atoms with Crippen molar-refractivity contribution < 1.29 is 0 Å². The summed E-state index contributed by atoms with van der Waals surface area (Å²) in [5.74, 6) is 0.677. The number of nitrogens with zero attached hydrogens (tertiary/aromatic N) is 5. The number of fused-ring (bicyclic) bond motifs is 9. The Morgan fingerprint density at radius 1 is 0.298 bits per heavy atom. The molecule has 5 heteroatoms. The largest absolute Gasteiger partial charge is 0.309 e. The molecule has 4 heterocycles. The molecule has 0 amide bonds. The zero-order chi connectivity index (χ0) is 37.5. The maximum atomic E-state index is 5.51. The summed E-state index contributed by atoms with van der Waals surface area (Å²) in [4.78, 5) is 11.0. The normalized spacial score (nSPS) is 11.9. The molecule has 0 atom stereocenters. The molecule has 0 spiro atoms. The van der Waals surface area contributed by atoms with Crippen molar-refractivity contribution in [2.75, 3.05) is 0 Å². The fourth-order valence-electron chi connectivity index (χ4n) is 8.96. The third kappa shape index (κ3) is 4.76. The average molecular weight is 728 g/mol. The van der Waals surface area contributed by atoms with Gasteiger partial charge >= 0.3 is 0 Å². The van der Waals surface area contributed by atoms with Crippen LogP contribution in [0.25, 0.3) is 105 Å². The molecule has 8 aromatic carbocycles. The lowest BCUT2D eigenvalue weighted by Gasteiger charge is -2.12. The van der Waals surface area contributed by atoms with Crippen LogP contribution in [0.15, 0.2) is 200 Å². The Labute approximate surface area is 328 Å². The molecule has 57 heavy (non-hydrogen) atoms. The standard InChI is InChI=1S/C52H33N5/c1-3-15-36(16-4-1)56-46-25-13-9-21-41(46)42-32-29-35(33-48(42)56)51-53-50(49-43-22-10-14-26-47(43)57(52(49)54-51)37-17-5-2-6-18-37)34-27-30-38(31-28-34)55-44-23-11-7-19-39(44)40-20-8-12-24-45(40)55/h1-33H. The van der Waals surface area contributed by atoms with Gasteiger partial charge in [-0.25, -0.2) is 9.97 Å². The van der Waals surface area contributed by atoms with E-state index in [1.54, 1.807) is 0 Å². The van der Waals surface area contributed by atoms with Crippen molar-refractivity contribution in [3.8, 4) is 39.7 Å². The number of hydrogen-bond donors (Lipinski definition) is 0. The summed E-state index contributed by atoms with van der Waals surface area (Å²) in [5.41, 5.74) is 12.8. The van der Waals surface area contributed by atoms with E-state index in [9.17, 15) is 0 Å². The maximum Gasteiger partial charge on any atom is 0.162 e. The molecule has 0 aliphatic rings. The summed E-state index contributed by atoms with van der Waals surface area (Å²) in [7, 11) is 0. The number of para-hydroxylation sites is 6. The van der Waals surface area contributed by atoms with Gasteiger partial charge < -0.3 is 9.13 Å². The summed E-state index contributed by atoms with van der Waals surface area (Å²) < 4.78 is 6.99. The summed E-state index contributed by atoms with van der Waals surface area (Å²) in [6.45, 7) is 0. The topological polar surface area (TPSA) is 40.6 Å². The minimum absolute atomic E-state index is 0.677. The molecule has 12 rings (SSSR count). The van der Waals surface area contributed by atoms with Crippen LogP contribution in [0, 0.1) is 0 Å². The molecule has 5 nitrogen and oxygen atoms in total. The van der Waals surface area contributed by atoms with Crippen LogP contribution < -0.4 is 0 Å². The molecule has 0 saturated heterocycles. The van der Waals surface area contributed by atoms with Crippen molar-refractivity contribution in [3.05, 3.63) is 200 Å².